The Balaban J connectivity index is -0.0000000988. The van der Waals surface area contributed by atoms with Crippen molar-refractivity contribution in [3.8, 4) is 0 Å². The van der Waals surface area contributed by atoms with Gasteiger partial charge < -0.3 is 0 Å². The van der Waals surface area contributed by atoms with Gasteiger partial charge in [0.25, 0.3) is 0 Å². The molecule has 0 spiro atoms. The third-order valence-electron chi connectivity index (χ3n) is 2.67. The summed E-state index contributed by atoms with van der Waals surface area (Å²) in [7, 11) is 0. The van der Waals surface area contributed by atoms with E-state index in [1.165, 1.54) is 32.1 Å². The largest absolute Gasteiger partial charge is 0.0776 e. The van der Waals surface area contributed by atoms with E-state index in [-0.39, 0.29) is 14.9 Å². The molecule has 0 aliphatic carbocycles. The van der Waals surface area contributed by atoms with Crippen molar-refractivity contribution in [3.05, 3.63) is 36.4 Å². The van der Waals surface area contributed by atoms with E-state index in [9.17, 15) is 0 Å². The molecule has 0 heteroatoms. The van der Waals surface area contributed by atoms with Crippen LogP contribution >= 0.6 is 0 Å². The molecule has 0 N–H and O–H groups in total. The topological polar surface area (TPSA) is 0 Å². The lowest BCUT2D eigenvalue weighted by molar-refractivity contribution is 0.550. The molecular weight excluding hydrogens is 252 g/mol. The molecule has 1 rings (SSSR count). The van der Waals surface area contributed by atoms with E-state index in [0.29, 0.717) is 0 Å². The Labute approximate surface area is 137 Å². The monoisotopic (exact) mass is 296 g/mol. The fourth-order valence-electron chi connectivity index (χ4n) is 1.57. The zero-order valence-electron chi connectivity index (χ0n) is 14.2. The van der Waals surface area contributed by atoms with Gasteiger partial charge in [-0.05, 0) is 11.8 Å². The molecule has 0 amide bonds. The number of rotatable bonds is 5. The normalized spacial score (nSPS) is 8.57. The van der Waals surface area contributed by atoms with Crippen molar-refractivity contribution in [2.75, 3.05) is 0 Å². The minimum atomic E-state index is 0. The second-order valence-electron chi connectivity index (χ2n) is 5.87. The summed E-state index contributed by atoms with van der Waals surface area (Å²) in [6.45, 7) is 13.5. The third kappa shape index (κ3) is 38.2. The summed E-state index contributed by atoms with van der Waals surface area (Å²) in [5.41, 5.74) is 0. The van der Waals surface area contributed by atoms with Crippen molar-refractivity contribution in [3.63, 3.8) is 0 Å². The fourth-order valence-corrected chi connectivity index (χ4v) is 1.57. The van der Waals surface area contributed by atoms with E-state index in [1.807, 2.05) is 36.4 Å². The third-order valence-corrected chi connectivity index (χ3v) is 2.67. The van der Waals surface area contributed by atoms with Gasteiger partial charge in [-0.25, -0.2) is 0 Å². The predicted octanol–water partition coefficient (Wildman–Crippen LogP) is 8.23. The van der Waals surface area contributed by atoms with E-state index >= 15 is 0 Å². The number of hydrogen-bond acceptors (Lipinski definition) is 0. The Morgan fingerprint density at radius 2 is 0.905 bits per heavy atom. The van der Waals surface area contributed by atoms with Crippen LogP contribution in [0.1, 0.15) is 88.5 Å². The molecule has 0 atom stereocenters. The number of benzene rings is 1. The van der Waals surface area contributed by atoms with Crippen LogP contribution in [0.5, 0.6) is 0 Å². The Morgan fingerprint density at radius 3 is 1.00 bits per heavy atom. The highest BCUT2D eigenvalue weighted by atomic mass is 13.9. The molecule has 0 aliphatic heterocycles. The molecule has 1 aromatic rings. The van der Waals surface area contributed by atoms with Gasteiger partial charge in [-0.2, -0.15) is 0 Å². The molecule has 0 aliphatic rings. The second kappa shape index (κ2) is 24.3. The molecule has 0 saturated carbocycles. The van der Waals surface area contributed by atoms with Gasteiger partial charge in [-0.3, -0.25) is 0 Å². The predicted molar refractivity (Wildman–Crippen MR) is 104 cm³/mol. The first-order chi connectivity index (χ1) is 9.04. The van der Waals surface area contributed by atoms with Gasteiger partial charge in [0.2, 0.25) is 0 Å². The van der Waals surface area contributed by atoms with Crippen LogP contribution in [0.4, 0.5) is 0 Å². The molecule has 0 saturated heterocycles. The Morgan fingerprint density at radius 1 is 0.571 bits per heavy atom. The van der Waals surface area contributed by atoms with E-state index in [0.717, 1.165) is 11.8 Å². The summed E-state index contributed by atoms with van der Waals surface area (Å²) in [5.74, 6) is 1.80. The van der Waals surface area contributed by atoms with Crippen molar-refractivity contribution in [2.45, 2.75) is 88.5 Å². The second-order valence-corrected chi connectivity index (χ2v) is 5.87. The fraction of sp³-hybridized carbons (Fsp3) is 0.714. The standard InChI is InChI=1S/C7H16.C6H6.C6H14.2CH4/c1-4-5-6-7(2)3;1-2-4-6-5-3-1;1-4-5-6(2)3;;/h7H,4-6H2,1-3H3;1-6H;6H,4-5H2,1-3H3;2*1H4. The van der Waals surface area contributed by atoms with Gasteiger partial charge in [0.05, 0.1) is 0 Å². The van der Waals surface area contributed by atoms with Crippen molar-refractivity contribution in [1.82, 2.24) is 0 Å². The maximum atomic E-state index is 2.27. The van der Waals surface area contributed by atoms with Crippen LogP contribution in [0, 0.1) is 11.8 Å². The Bertz CT molecular complexity index is 196. The quantitative estimate of drug-likeness (QED) is 0.513. The van der Waals surface area contributed by atoms with Crippen LogP contribution < -0.4 is 0 Å². The molecule has 0 nitrogen and oxygen atoms in total. The van der Waals surface area contributed by atoms with Crippen LogP contribution in [0.3, 0.4) is 0 Å². The van der Waals surface area contributed by atoms with E-state index in [1.54, 1.807) is 0 Å². The van der Waals surface area contributed by atoms with Crippen molar-refractivity contribution in [2.24, 2.45) is 11.8 Å². The number of hydrogen-bond donors (Lipinski definition) is 0. The molecular formula is C21H44. The highest BCUT2D eigenvalue weighted by Crippen LogP contribution is 2.04. The summed E-state index contributed by atoms with van der Waals surface area (Å²) < 4.78 is 0. The van der Waals surface area contributed by atoms with Crippen molar-refractivity contribution >= 4 is 0 Å². The molecule has 21 heavy (non-hydrogen) atoms. The maximum Gasteiger partial charge on any atom is -0.0471 e. The van der Waals surface area contributed by atoms with Gasteiger partial charge >= 0.3 is 0 Å². The zero-order valence-corrected chi connectivity index (χ0v) is 14.2. The van der Waals surface area contributed by atoms with Crippen molar-refractivity contribution in [1.29, 1.82) is 0 Å². The molecule has 0 heterocycles. The lowest BCUT2D eigenvalue weighted by atomic mass is 10.1. The first-order valence-corrected chi connectivity index (χ1v) is 8.04. The first kappa shape index (κ1) is 28.4. The van der Waals surface area contributed by atoms with Crippen molar-refractivity contribution < 1.29 is 0 Å². The molecule has 0 radical (unpaired) electrons. The summed E-state index contributed by atoms with van der Waals surface area (Å²) in [6.07, 6.45) is 6.85. The average Bonchev–Trinajstić information content (AvgIpc) is 2.39. The lowest BCUT2D eigenvalue weighted by Gasteiger charge is -1.98. The minimum Gasteiger partial charge on any atom is -0.0776 e. The molecule has 0 unspecified atom stereocenters. The highest BCUT2D eigenvalue weighted by molar-refractivity contribution is 4.99. The maximum absolute atomic E-state index is 2.27. The van der Waals surface area contributed by atoms with Gasteiger partial charge in [0.15, 0.2) is 0 Å². The van der Waals surface area contributed by atoms with E-state index in [2.05, 4.69) is 41.5 Å². The van der Waals surface area contributed by atoms with Crippen LogP contribution in [-0.4, -0.2) is 0 Å². The average molecular weight is 297 g/mol. The van der Waals surface area contributed by atoms with Crippen LogP contribution in [-0.2, 0) is 0 Å². The summed E-state index contributed by atoms with van der Waals surface area (Å²) in [5, 5.41) is 0. The van der Waals surface area contributed by atoms with Gasteiger partial charge in [0.1, 0.15) is 0 Å². The lowest BCUT2D eigenvalue weighted by Crippen LogP contribution is -1.83. The summed E-state index contributed by atoms with van der Waals surface area (Å²) >= 11 is 0. The van der Waals surface area contributed by atoms with Gasteiger partial charge in [0, 0.05) is 0 Å². The molecule has 0 aromatic heterocycles. The molecule has 0 bridgehead atoms. The molecule has 1 aromatic carbocycles. The van der Waals surface area contributed by atoms with Gasteiger partial charge in [-0.1, -0.05) is 125 Å². The van der Waals surface area contributed by atoms with E-state index in [4.69, 9.17) is 0 Å². The minimum absolute atomic E-state index is 0. The first-order valence-electron chi connectivity index (χ1n) is 8.04. The smallest absolute Gasteiger partial charge is 0.0471 e. The van der Waals surface area contributed by atoms with Crippen LogP contribution in [0.15, 0.2) is 36.4 Å². The molecule has 0 fully saturated rings. The summed E-state index contributed by atoms with van der Waals surface area (Å²) in [6, 6.07) is 12.0. The van der Waals surface area contributed by atoms with Crippen LogP contribution in [0.2, 0.25) is 0 Å². The number of unbranched alkanes of at least 4 members (excludes halogenated alkanes) is 1. The van der Waals surface area contributed by atoms with Crippen LogP contribution in [0.25, 0.3) is 0 Å². The molecule has 128 valence electrons. The highest BCUT2D eigenvalue weighted by Gasteiger charge is 1.88. The zero-order chi connectivity index (χ0) is 14.9. The van der Waals surface area contributed by atoms with E-state index < -0.39 is 0 Å². The SMILES string of the molecule is C.C.CCCC(C)C.CCCCC(C)C.c1ccccc1. The Kier molecular flexibility index (Phi) is 32.8. The Hall–Kier alpha value is -0.780. The van der Waals surface area contributed by atoms with Gasteiger partial charge in [-0.15, -0.1) is 0 Å². The summed E-state index contributed by atoms with van der Waals surface area (Å²) in [4.78, 5) is 0.